The Morgan fingerprint density at radius 3 is 2.67 bits per heavy atom. The first-order valence-corrected chi connectivity index (χ1v) is 5.83. The Balaban J connectivity index is 2.13. The minimum absolute atomic E-state index is 0.496. The molecule has 0 aliphatic carbocycles. The van der Waals surface area contributed by atoms with E-state index in [1.54, 1.807) is 19.4 Å². The Labute approximate surface area is 111 Å². The number of aromatic nitrogens is 1. The summed E-state index contributed by atoms with van der Waals surface area (Å²) >= 11 is 6.04. The van der Waals surface area contributed by atoms with Crippen molar-refractivity contribution in [2.45, 2.75) is 6.61 Å². The molecule has 0 aliphatic heterocycles. The number of hydrogen-bond acceptors (Lipinski definition) is 4. The van der Waals surface area contributed by atoms with Crippen molar-refractivity contribution in [1.82, 2.24) is 4.98 Å². The Bertz CT molecular complexity index is 528. The van der Waals surface area contributed by atoms with E-state index in [2.05, 4.69) is 10.3 Å². The monoisotopic (exact) mass is 263 g/mol. The molecule has 0 aliphatic rings. The molecular formula is C13H14ClN3O. The lowest BCUT2D eigenvalue weighted by Gasteiger charge is -2.08. The van der Waals surface area contributed by atoms with Crippen molar-refractivity contribution >= 4 is 28.8 Å². The van der Waals surface area contributed by atoms with Crippen LogP contribution in [-0.2, 0) is 11.3 Å². The van der Waals surface area contributed by atoms with Gasteiger partial charge in [0.15, 0.2) is 0 Å². The third-order valence-electron chi connectivity index (χ3n) is 2.39. The Morgan fingerprint density at radius 2 is 2.06 bits per heavy atom. The van der Waals surface area contributed by atoms with Crippen molar-refractivity contribution < 1.29 is 4.74 Å². The summed E-state index contributed by atoms with van der Waals surface area (Å²) in [4.78, 5) is 4.14. The predicted molar refractivity (Wildman–Crippen MR) is 74.1 cm³/mol. The molecule has 0 spiro atoms. The lowest BCUT2D eigenvalue weighted by atomic mass is 10.2. The third kappa shape index (κ3) is 3.12. The molecule has 0 fully saturated rings. The molecule has 5 heteroatoms. The zero-order valence-electron chi connectivity index (χ0n) is 9.98. The Morgan fingerprint density at radius 1 is 1.33 bits per heavy atom. The zero-order chi connectivity index (χ0) is 13.0. The standard InChI is InChI=1S/C13H14ClN3O/c1-18-8-9-2-4-11(5-3-9)17-13-12(14)6-10(15)7-16-13/h2-7H,8,15H2,1H3,(H,16,17). The summed E-state index contributed by atoms with van der Waals surface area (Å²) in [6.07, 6.45) is 1.56. The maximum Gasteiger partial charge on any atom is 0.149 e. The highest BCUT2D eigenvalue weighted by Gasteiger charge is 2.03. The highest BCUT2D eigenvalue weighted by atomic mass is 35.5. The van der Waals surface area contributed by atoms with Crippen LogP contribution in [0.2, 0.25) is 5.02 Å². The first-order valence-electron chi connectivity index (χ1n) is 5.45. The van der Waals surface area contributed by atoms with Crippen molar-refractivity contribution in [2.75, 3.05) is 18.2 Å². The van der Waals surface area contributed by atoms with E-state index in [9.17, 15) is 0 Å². The Hall–Kier alpha value is -1.78. The molecule has 18 heavy (non-hydrogen) atoms. The van der Waals surface area contributed by atoms with Gasteiger partial charge in [-0.15, -0.1) is 0 Å². The SMILES string of the molecule is COCc1ccc(Nc2ncc(N)cc2Cl)cc1. The molecule has 1 aromatic carbocycles. The number of rotatable bonds is 4. The van der Waals surface area contributed by atoms with Crippen LogP contribution in [0.15, 0.2) is 36.5 Å². The van der Waals surface area contributed by atoms with Crippen molar-refractivity contribution in [3.8, 4) is 0 Å². The summed E-state index contributed by atoms with van der Waals surface area (Å²) in [5.41, 5.74) is 8.15. The van der Waals surface area contributed by atoms with E-state index in [1.165, 1.54) is 0 Å². The second-order valence-corrected chi connectivity index (χ2v) is 4.26. The quantitative estimate of drug-likeness (QED) is 0.889. The molecule has 0 amide bonds. The normalized spacial score (nSPS) is 10.3. The molecule has 2 aromatic rings. The fourth-order valence-corrected chi connectivity index (χ4v) is 1.75. The molecule has 0 bridgehead atoms. The van der Waals surface area contributed by atoms with E-state index in [0.717, 1.165) is 11.3 Å². The molecule has 2 rings (SSSR count). The van der Waals surface area contributed by atoms with Gasteiger partial charge in [-0.3, -0.25) is 0 Å². The number of hydrogen-bond donors (Lipinski definition) is 2. The lowest BCUT2D eigenvalue weighted by molar-refractivity contribution is 0.185. The molecule has 0 atom stereocenters. The van der Waals surface area contributed by atoms with Gasteiger partial charge in [-0.1, -0.05) is 23.7 Å². The molecule has 0 saturated heterocycles. The van der Waals surface area contributed by atoms with Gasteiger partial charge in [0.05, 0.1) is 23.5 Å². The first-order chi connectivity index (χ1) is 8.69. The van der Waals surface area contributed by atoms with Gasteiger partial charge < -0.3 is 15.8 Å². The molecule has 1 heterocycles. The maximum absolute atomic E-state index is 6.04. The number of methoxy groups -OCH3 is 1. The van der Waals surface area contributed by atoms with E-state index in [-0.39, 0.29) is 0 Å². The first kappa shape index (κ1) is 12.7. The number of pyridine rings is 1. The van der Waals surface area contributed by atoms with E-state index in [4.69, 9.17) is 22.1 Å². The second-order valence-electron chi connectivity index (χ2n) is 3.85. The number of ether oxygens (including phenoxy) is 1. The molecule has 3 N–H and O–H groups in total. The fraction of sp³-hybridized carbons (Fsp3) is 0.154. The van der Waals surface area contributed by atoms with Gasteiger partial charge in [-0.2, -0.15) is 0 Å². The molecule has 0 unspecified atom stereocenters. The lowest BCUT2D eigenvalue weighted by Crippen LogP contribution is -1.96. The maximum atomic E-state index is 6.04. The van der Waals surface area contributed by atoms with Gasteiger partial charge in [-0.25, -0.2) is 4.98 Å². The summed E-state index contributed by atoms with van der Waals surface area (Å²) < 4.78 is 5.05. The third-order valence-corrected chi connectivity index (χ3v) is 2.68. The molecule has 94 valence electrons. The Kier molecular flexibility index (Phi) is 4.02. The minimum atomic E-state index is 0.496. The highest BCUT2D eigenvalue weighted by molar-refractivity contribution is 6.33. The smallest absolute Gasteiger partial charge is 0.149 e. The van der Waals surface area contributed by atoms with Crippen molar-refractivity contribution in [3.05, 3.63) is 47.1 Å². The van der Waals surface area contributed by atoms with Crippen LogP contribution in [-0.4, -0.2) is 12.1 Å². The van der Waals surface area contributed by atoms with Gasteiger partial charge >= 0.3 is 0 Å². The minimum Gasteiger partial charge on any atom is -0.397 e. The van der Waals surface area contributed by atoms with Crippen LogP contribution in [0, 0.1) is 0 Å². The number of halogens is 1. The van der Waals surface area contributed by atoms with Gasteiger partial charge in [-0.05, 0) is 23.8 Å². The summed E-state index contributed by atoms with van der Waals surface area (Å²) in [7, 11) is 1.67. The predicted octanol–water partition coefficient (Wildman–Crippen LogP) is 3.21. The average Bonchev–Trinajstić information content (AvgIpc) is 2.35. The van der Waals surface area contributed by atoms with Crippen LogP contribution < -0.4 is 11.1 Å². The van der Waals surface area contributed by atoms with Gasteiger partial charge in [0.2, 0.25) is 0 Å². The van der Waals surface area contributed by atoms with Crippen LogP contribution in [0.5, 0.6) is 0 Å². The van der Waals surface area contributed by atoms with Gasteiger partial charge in [0.1, 0.15) is 5.82 Å². The number of nitrogens with zero attached hydrogens (tertiary/aromatic N) is 1. The largest absolute Gasteiger partial charge is 0.397 e. The number of benzene rings is 1. The second kappa shape index (κ2) is 5.71. The molecule has 0 saturated carbocycles. The molecule has 4 nitrogen and oxygen atoms in total. The number of nitrogens with one attached hydrogen (secondary N) is 1. The average molecular weight is 264 g/mol. The number of nitrogen functional groups attached to an aromatic ring is 1. The summed E-state index contributed by atoms with van der Waals surface area (Å²) in [5, 5.41) is 3.63. The highest BCUT2D eigenvalue weighted by Crippen LogP contribution is 2.24. The van der Waals surface area contributed by atoms with Crippen LogP contribution >= 0.6 is 11.6 Å². The topological polar surface area (TPSA) is 60.2 Å². The fourth-order valence-electron chi connectivity index (χ4n) is 1.53. The number of anilines is 3. The molecule has 1 aromatic heterocycles. The van der Waals surface area contributed by atoms with E-state index in [1.807, 2.05) is 24.3 Å². The van der Waals surface area contributed by atoms with Crippen molar-refractivity contribution in [2.24, 2.45) is 0 Å². The number of nitrogens with two attached hydrogens (primary N) is 1. The summed E-state index contributed by atoms with van der Waals surface area (Å²) in [5.74, 6) is 0.588. The van der Waals surface area contributed by atoms with Crippen molar-refractivity contribution in [1.29, 1.82) is 0 Å². The van der Waals surface area contributed by atoms with E-state index in [0.29, 0.717) is 23.1 Å². The summed E-state index contributed by atoms with van der Waals surface area (Å²) in [6.45, 7) is 0.598. The summed E-state index contributed by atoms with van der Waals surface area (Å²) in [6, 6.07) is 9.52. The van der Waals surface area contributed by atoms with Crippen LogP contribution in [0.25, 0.3) is 0 Å². The van der Waals surface area contributed by atoms with E-state index < -0.39 is 0 Å². The molecule has 0 radical (unpaired) electrons. The zero-order valence-corrected chi connectivity index (χ0v) is 10.7. The van der Waals surface area contributed by atoms with Crippen LogP contribution in [0.4, 0.5) is 17.2 Å². The van der Waals surface area contributed by atoms with Crippen LogP contribution in [0.3, 0.4) is 0 Å². The molecular weight excluding hydrogens is 250 g/mol. The van der Waals surface area contributed by atoms with E-state index >= 15 is 0 Å². The van der Waals surface area contributed by atoms with Gasteiger partial charge in [0.25, 0.3) is 0 Å². The van der Waals surface area contributed by atoms with Crippen LogP contribution in [0.1, 0.15) is 5.56 Å². The van der Waals surface area contributed by atoms with Crippen molar-refractivity contribution in [3.63, 3.8) is 0 Å². The van der Waals surface area contributed by atoms with Gasteiger partial charge in [0, 0.05) is 12.8 Å².